The Bertz CT molecular complexity index is 863. The number of morpholine rings is 1. The number of piperidine rings is 1. The number of nitrogens with zero attached hydrogens (tertiary/aromatic N) is 2. The predicted octanol–water partition coefficient (Wildman–Crippen LogP) is 2.21. The molecule has 0 unspecified atom stereocenters. The number of rotatable bonds is 5. The summed E-state index contributed by atoms with van der Waals surface area (Å²) in [6, 6.07) is 6.88. The standard InChI is InChI=1S/C23H35N3O4S/c24-15-18-5-4-8-22(13-18)31(28,29)26-16-20(19-6-2-1-3-7-19)14-21(17-26)23(27)25-9-11-30-12-10-25/h4-5,8,13,19-21H,1-3,6-7,9-12,14-17,24H2/t20-,21+/m1/s1. The maximum absolute atomic E-state index is 13.6. The third kappa shape index (κ3) is 5.13. The second-order valence-corrected chi connectivity index (χ2v) is 11.1. The van der Waals surface area contributed by atoms with Gasteiger partial charge in [0.2, 0.25) is 15.9 Å². The summed E-state index contributed by atoms with van der Waals surface area (Å²) in [6.07, 6.45) is 6.73. The van der Waals surface area contributed by atoms with Crippen LogP contribution in [0.2, 0.25) is 0 Å². The monoisotopic (exact) mass is 449 g/mol. The first-order valence-electron chi connectivity index (χ1n) is 11.6. The summed E-state index contributed by atoms with van der Waals surface area (Å²) in [5.41, 5.74) is 6.53. The molecule has 0 spiro atoms. The quantitative estimate of drug-likeness (QED) is 0.744. The average Bonchev–Trinajstić information content (AvgIpc) is 2.84. The Balaban J connectivity index is 1.59. The molecule has 2 heterocycles. The molecule has 1 amide bonds. The van der Waals surface area contributed by atoms with Crippen LogP contribution >= 0.6 is 0 Å². The lowest BCUT2D eigenvalue weighted by Gasteiger charge is -2.42. The fourth-order valence-electron chi connectivity index (χ4n) is 5.44. The van der Waals surface area contributed by atoms with Crippen molar-refractivity contribution in [3.8, 4) is 0 Å². The summed E-state index contributed by atoms with van der Waals surface area (Å²) >= 11 is 0. The molecule has 1 saturated carbocycles. The molecule has 1 aromatic carbocycles. The first-order chi connectivity index (χ1) is 15.0. The predicted molar refractivity (Wildman–Crippen MR) is 119 cm³/mol. The van der Waals surface area contributed by atoms with Gasteiger partial charge in [-0.15, -0.1) is 0 Å². The minimum absolute atomic E-state index is 0.0831. The fourth-order valence-corrected chi connectivity index (χ4v) is 7.06. The highest BCUT2D eigenvalue weighted by Gasteiger charge is 2.41. The zero-order chi connectivity index (χ0) is 21.8. The number of carbonyl (C=O) groups excluding carboxylic acids is 1. The molecule has 2 aliphatic heterocycles. The van der Waals surface area contributed by atoms with Gasteiger partial charge in [0.25, 0.3) is 0 Å². The van der Waals surface area contributed by atoms with E-state index in [1.54, 1.807) is 22.5 Å². The number of nitrogens with two attached hydrogens (primary N) is 1. The normalized spacial score (nSPS) is 26.7. The van der Waals surface area contributed by atoms with Gasteiger partial charge >= 0.3 is 0 Å². The van der Waals surface area contributed by atoms with Crippen molar-refractivity contribution in [1.29, 1.82) is 0 Å². The molecule has 4 rings (SSSR count). The van der Waals surface area contributed by atoms with Gasteiger partial charge in [-0.05, 0) is 36.0 Å². The zero-order valence-electron chi connectivity index (χ0n) is 18.2. The van der Waals surface area contributed by atoms with Crippen molar-refractivity contribution < 1.29 is 17.9 Å². The van der Waals surface area contributed by atoms with Crippen molar-refractivity contribution in [1.82, 2.24) is 9.21 Å². The third-order valence-corrected chi connectivity index (χ3v) is 9.04. The summed E-state index contributed by atoms with van der Waals surface area (Å²) in [6.45, 7) is 3.35. The van der Waals surface area contributed by atoms with Gasteiger partial charge in [-0.3, -0.25) is 4.79 Å². The van der Waals surface area contributed by atoms with E-state index in [9.17, 15) is 13.2 Å². The fraction of sp³-hybridized carbons (Fsp3) is 0.696. The van der Waals surface area contributed by atoms with Crippen LogP contribution in [0.1, 0.15) is 44.1 Å². The summed E-state index contributed by atoms with van der Waals surface area (Å²) in [5, 5.41) is 0. The number of benzene rings is 1. The first kappa shape index (κ1) is 22.7. The van der Waals surface area contributed by atoms with Gasteiger partial charge < -0.3 is 15.4 Å². The molecule has 3 aliphatic rings. The Morgan fingerprint density at radius 1 is 1.06 bits per heavy atom. The van der Waals surface area contributed by atoms with Crippen LogP contribution in [-0.4, -0.2) is 62.9 Å². The third-order valence-electron chi connectivity index (χ3n) is 7.21. The van der Waals surface area contributed by atoms with E-state index in [2.05, 4.69) is 0 Å². The van der Waals surface area contributed by atoms with Crippen LogP contribution in [0.25, 0.3) is 0 Å². The maximum Gasteiger partial charge on any atom is 0.243 e. The Labute approximate surface area is 186 Å². The summed E-state index contributed by atoms with van der Waals surface area (Å²) in [4.78, 5) is 15.5. The molecule has 172 valence electrons. The lowest BCUT2D eigenvalue weighted by molar-refractivity contribution is -0.141. The molecule has 8 heteroatoms. The van der Waals surface area contributed by atoms with E-state index >= 15 is 0 Å². The highest BCUT2D eigenvalue weighted by molar-refractivity contribution is 7.89. The highest BCUT2D eigenvalue weighted by atomic mass is 32.2. The Hall–Kier alpha value is -1.48. The van der Waals surface area contributed by atoms with E-state index in [1.807, 2.05) is 11.0 Å². The topological polar surface area (TPSA) is 92.9 Å². The van der Waals surface area contributed by atoms with Crippen molar-refractivity contribution in [3.63, 3.8) is 0 Å². The molecule has 0 bridgehead atoms. The second-order valence-electron chi connectivity index (χ2n) is 9.20. The highest BCUT2D eigenvalue weighted by Crippen LogP contribution is 2.38. The van der Waals surface area contributed by atoms with Crippen molar-refractivity contribution in [2.45, 2.75) is 50.0 Å². The van der Waals surface area contributed by atoms with Gasteiger partial charge in [-0.25, -0.2) is 8.42 Å². The largest absolute Gasteiger partial charge is 0.378 e. The number of ether oxygens (including phenoxy) is 1. The molecule has 1 aromatic rings. The van der Waals surface area contributed by atoms with E-state index in [0.29, 0.717) is 45.3 Å². The van der Waals surface area contributed by atoms with Crippen LogP contribution in [0.5, 0.6) is 0 Å². The maximum atomic E-state index is 13.6. The second kappa shape index (κ2) is 9.98. The van der Waals surface area contributed by atoms with Gasteiger partial charge in [0.15, 0.2) is 0 Å². The van der Waals surface area contributed by atoms with Gasteiger partial charge in [-0.2, -0.15) is 4.31 Å². The molecule has 1 aliphatic carbocycles. The Kier molecular flexibility index (Phi) is 7.31. The molecule has 7 nitrogen and oxygen atoms in total. The molecular weight excluding hydrogens is 414 g/mol. The van der Waals surface area contributed by atoms with Crippen molar-refractivity contribution in [2.75, 3.05) is 39.4 Å². The van der Waals surface area contributed by atoms with Crippen molar-refractivity contribution >= 4 is 15.9 Å². The number of amides is 1. The van der Waals surface area contributed by atoms with Gasteiger partial charge in [-0.1, -0.05) is 44.2 Å². The minimum Gasteiger partial charge on any atom is -0.378 e. The smallest absolute Gasteiger partial charge is 0.243 e. The van der Waals surface area contributed by atoms with E-state index in [-0.39, 0.29) is 29.2 Å². The lowest BCUT2D eigenvalue weighted by atomic mass is 9.74. The van der Waals surface area contributed by atoms with E-state index in [0.717, 1.165) is 24.8 Å². The Morgan fingerprint density at radius 3 is 2.52 bits per heavy atom. The van der Waals surface area contributed by atoms with Crippen LogP contribution in [0.3, 0.4) is 0 Å². The molecule has 2 N–H and O–H groups in total. The SMILES string of the molecule is NCc1cccc(S(=O)(=O)N2C[C@@H](C(=O)N3CCOCC3)C[C@@H](C3CCCCC3)C2)c1. The molecule has 2 atom stereocenters. The van der Waals surface area contributed by atoms with Crippen LogP contribution in [0, 0.1) is 17.8 Å². The molecular formula is C23H35N3O4S. The zero-order valence-corrected chi connectivity index (χ0v) is 19.1. The number of hydrogen-bond donors (Lipinski definition) is 1. The van der Waals surface area contributed by atoms with Crippen LogP contribution in [-0.2, 0) is 26.1 Å². The van der Waals surface area contributed by atoms with E-state index < -0.39 is 10.0 Å². The van der Waals surface area contributed by atoms with E-state index in [1.165, 1.54) is 19.3 Å². The van der Waals surface area contributed by atoms with Crippen LogP contribution < -0.4 is 5.73 Å². The van der Waals surface area contributed by atoms with Gasteiger partial charge in [0, 0.05) is 32.7 Å². The molecule has 3 fully saturated rings. The molecule has 0 radical (unpaired) electrons. The first-order valence-corrected chi connectivity index (χ1v) is 13.1. The molecule has 2 saturated heterocycles. The Morgan fingerprint density at radius 2 is 1.81 bits per heavy atom. The van der Waals surface area contributed by atoms with Gasteiger partial charge in [0.1, 0.15) is 0 Å². The van der Waals surface area contributed by atoms with Crippen LogP contribution in [0.4, 0.5) is 0 Å². The molecule has 0 aromatic heterocycles. The lowest BCUT2D eigenvalue weighted by Crippen LogP contribution is -2.52. The summed E-state index contributed by atoms with van der Waals surface area (Å²) < 4.78 is 34.1. The van der Waals surface area contributed by atoms with Gasteiger partial charge in [0.05, 0.1) is 24.0 Å². The number of hydrogen-bond acceptors (Lipinski definition) is 5. The average molecular weight is 450 g/mol. The number of carbonyl (C=O) groups is 1. The van der Waals surface area contributed by atoms with Crippen LogP contribution in [0.15, 0.2) is 29.2 Å². The van der Waals surface area contributed by atoms with E-state index in [4.69, 9.17) is 10.5 Å². The minimum atomic E-state index is -3.68. The summed E-state index contributed by atoms with van der Waals surface area (Å²) in [7, 11) is -3.68. The number of sulfonamides is 1. The summed E-state index contributed by atoms with van der Waals surface area (Å²) in [5.74, 6) is 0.532. The van der Waals surface area contributed by atoms with Crippen molar-refractivity contribution in [3.05, 3.63) is 29.8 Å². The van der Waals surface area contributed by atoms with Crippen molar-refractivity contribution in [2.24, 2.45) is 23.5 Å². The molecule has 31 heavy (non-hydrogen) atoms.